The molecule has 0 aromatic heterocycles. The molecule has 0 aliphatic carbocycles. The van der Waals surface area contributed by atoms with Gasteiger partial charge in [-0.25, -0.2) is 0 Å². The summed E-state index contributed by atoms with van der Waals surface area (Å²) in [5.74, 6) is -0.823. The van der Waals surface area contributed by atoms with Crippen molar-refractivity contribution in [3.8, 4) is 0 Å². The Labute approximate surface area is 253 Å². The topological polar surface area (TPSA) is 152 Å². The Morgan fingerprint density at radius 2 is 1.12 bits per heavy atom. The first-order valence-corrected chi connectivity index (χ1v) is 16.6. The normalized spacial score (nSPS) is 23.0. The molecule has 0 spiro atoms. The van der Waals surface area contributed by atoms with Gasteiger partial charge in [0, 0.05) is 12.8 Å². The third-order valence-corrected chi connectivity index (χ3v) is 7.74. The van der Waals surface area contributed by atoms with E-state index in [1.807, 2.05) is 0 Å². The van der Waals surface area contributed by atoms with Crippen molar-refractivity contribution in [2.45, 2.75) is 173 Å². The third kappa shape index (κ3) is 17.7. The van der Waals surface area contributed by atoms with Crippen LogP contribution >= 0.6 is 0 Å². The van der Waals surface area contributed by atoms with Crippen LogP contribution in [0.2, 0.25) is 0 Å². The molecule has 1 saturated heterocycles. The van der Waals surface area contributed by atoms with E-state index in [4.69, 9.17) is 18.9 Å². The number of hydrogen-bond donors (Lipinski definition) is 4. The van der Waals surface area contributed by atoms with Crippen molar-refractivity contribution in [1.82, 2.24) is 0 Å². The molecule has 6 unspecified atom stereocenters. The smallest absolute Gasteiger partial charge is 0.306 e. The quantitative estimate of drug-likeness (QED) is 0.0807. The minimum atomic E-state index is -1.58. The fraction of sp³-hybridized carbons (Fsp3) is 0.938. The molecule has 0 bridgehead atoms. The summed E-state index contributed by atoms with van der Waals surface area (Å²) < 4.78 is 21.8. The van der Waals surface area contributed by atoms with Gasteiger partial charge in [-0.1, -0.05) is 110 Å². The number of hydrogen-bond acceptors (Lipinski definition) is 10. The molecular weight excluding hydrogens is 544 g/mol. The monoisotopic (exact) mass is 604 g/mol. The number of aliphatic hydroxyl groups excluding tert-OH is 4. The highest BCUT2D eigenvalue weighted by Gasteiger charge is 2.44. The zero-order chi connectivity index (χ0) is 31.0. The summed E-state index contributed by atoms with van der Waals surface area (Å²) in [5, 5.41) is 39.6. The molecule has 1 aliphatic rings. The number of ether oxygens (including phenoxy) is 4. The highest BCUT2D eigenvalue weighted by molar-refractivity contribution is 5.70. The van der Waals surface area contributed by atoms with Crippen molar-refractivity contribution in [3.05, 3.63) is 0 Å². The van der Waals surface area contributed by atoms with E-state index in [2.05, 4.69) is 13.8 Å². The van der Waals surface area contributed by atoms with Gasteiger partial charge >= 0.3 is 11.9 Å². The van der Waals surface area contributed by atoms with E-state index in [1.165, 1.54) is 57.8 Å². The fourth-order valence-corrected chi connectivity index (χ4v) is 5.01. The van der Waals surface area contributed by atoms with Gasteiger partial charge in [-0.3, -0.25) is 9.59 Å². The summed E-state index contributed by atoms with van der Waals surface area (Å²) in [5.41, 5.74) is 0. The zero-order valence-electron chi connectivity index (χ0n) is 26.3. The van der Waals surface area contributed by atoms with Gasteiger partial charge in [0.2, 0.25) is 0 Å². The Balaban J connectivity index is 2.39. The van der Waals surface area contributed by atoms with Crippen LogP contribution in [0.15, 0.2) is 0 Å². The minimum Gasteiger partial charge on any atom is -0.462 e. The van der Waals surface area contributed by atoms with Crippen LogP contribution in [0.3, 0.4) is 0 Å². The predicted molar refractivity (Wildman–Crippen MR) is 160 cm³/mol. The Bertz CT molecular complexity index is 674. The summed E-state index contributed by atoms with van der Waals surface area (Å²) in [6, 6.07) is 0. The number of aliphatic hydroxyl groups is 4. The number of rotatable bonds is 26. The molecule has 1 rings (SSSR count). The van der Waals surface area contributed by atoms with Gasteiger partial charge in [-0.2, -0.15) is 0 Å². The molecule has 4 N–H and O–H groups in total. The molecule has 0 aromatic rings. The van der Waals surface area contributed by atoms with Crippen molar-refractivity contribution in [1.29, 1.82) is 0 Å². The molecule has 0 saturated carbocycles. The second-order valence-electron chi connectivity index (χ2n) is 11.6. The Morgan fingerprint density at radius 1 is 0.643 bits per heavy atom. The maximum Gasteiger partial charge on any atom is 0.306 e. The summed E-state index contributed by atoms with van der Waals surface area (Å²) in [6.45, 7) is 3.26. The molecule has 10 nitrogen and oxygen atoms in total. The SMILES string of the molecule is CCCCCCCCCCCCCCCC(=O)OC(COC(=O)CCCCCC)COC1OC(CO)C(O)C(O)C1O. The Kier molecular flexibility index (Phi) is 23.1. The number of unbranched alkanes of at least 4 members (excludes halogenated alkanes) is 15. The summed E-state index contributed by atoms with van der Waals surface area (Å²) in [7, 11) is 0. The first-order valence-electron chi connectivity index (χ1n) is 16.6. The molecule has 6 atom stereocenters. The molecular formula is C32H60O10. The fourth-order valence-electron chi connectivity index (χ4n) is 5.01. The molecule has 1 heterocycles. The Hall–Kier alpha value is -1.30. The van der Waals surface area contributed by atoms with Gasteiger partial charge in [-0.05, 0) is 12.8 Å². The molecule has 1 aliphatic heterocycles. The molecule has 248 valence electrons. The second kappa shape index (κ2) is 25.1. The lowest BCUT2D eigenvalue weighted by atomic mass is 9.99. The van der Waals surface area contributed by atoms with Gasteiger partial charge in [0.05, 0.1) is 13.2 Å². The lowest BCUT2D eigenvalue weighted by Gasteiger charge is -2.39. The summed E-state index contributed by atoms with van der Waals surface area (Å²) in [6.07, 6.45) is 11.8. The first kappa shape index (κ1) is 38.7. The largest absolute Gasteiger partial charge is 0.462 e. The zero-order valence-corrected chi connectivity index (χ0v) is 26.3. The van der Waals surface area contributed by atoms with Crippen molar-refractivity contribution in [3.63, 3.8) is 0 Å². The van der Waals surface area contributed by atoms with Crippen molar-refractivity contribution >= 4 is 11.9 Å². The molecule has 1 fully saturated rings. The van der Waals surface area contributed by atoms with Gasteiger partial charge in [0.1, 0.15) is 31.0 Å². The first-order chi connectivity index (χ1) is 20.3. The molecule has 0 aromatic carbocycles. The van der Waals surface area contributed by atoms with Crippen LogP contribution < -0.4 is 0 Å². The van der Waals surface area contributed by atoms with Crippen LogP contribution in [0.1, 0.15) is 136 Å². The highest BCUT2D eigenvalue weighted by atomic mass is 16.7. The van der Waals surface area contributed by atoms with E-state index < -0.39 is 55.4 Å². The van der Waals surface area contributed by atoms with Crippen LogP contribution in [0, 0.1) is 0 Å². The van der Waals surface area contributed by atoms with Crippen LogP contribution in [0.4, 0.5) is 0 Å². The molecule has 0 radical (unpaired) electrons. The van der Waals surface area contributed by atoms with Crippen LogP contribution in [-0.4, -0.2) is 89.0 Å². The van der Waals surface area contributed by atoms with Crippen molar-refractivity contribution < 1.29 is 49.0 Å². The third-order valence-electron chi connectivity index (χ3n) is 7.74. The van der Waals surface area contributed by atoms with E-state index in [9.17, 15) is 30.0 Å². The van der Waals surface area contributed by atoms with Gasteiger partial charge in [0.15, 0.2) is 12.4 Å². The standard InChI is InChI=1S/C32H60O10/c1-3-5-7-9-10-11-12-13-14-15-16-17-19-21-28(35)41-25(23-39-27(34)20-18-8-6-4-2)24-40-32-31(38)30(37)29(36)26(22-33)42-32/h25-26,29-33,36-38H,3-24H2,1-2H3. The van der Waals surface area contributed by atoms with Gasteiger partial charge in [0.25, 0.3) is 0 Å². The van der Waals surface area contributed by atoms with Crippen LogP contribution in [-0.2, 0) is 28.5 Å². The molecule has 42 heavy (non-hydrogen) atoms. The van der Waals surface area contributed by atoms with E-state index in [0.29, 0.717) is 6.42 Å². The van der Waals surface area contributed by atoms with Gasteiger partial charge in [-0.15, -0.1) is 0 Å². The van der Waals surface area contributed by atoms with Gasteiger partial charge < -0.3 is 39.4 Å². The van der Waals surface area contributed by atoms with E-state index >= 15 is 0 Å². The van der Waals surface area contributed by atoms with E-state index in [1.54, 1.807) is 0 Å². The maximum atomic E-state index is 12.5. The average Bonchev–Trinajstić information content (AvgIpc) is 2.98. The Morgan fingerprint density at radius 3 is 1.64 bits per heavy atom. The highest BCUT2D eigenvalue weighted by Crippen LogP contribution is 2.22. The average molecular weight is 605 g/mol. The minimum absolute atomic E-state index is 0.214. The molecule has 10 heteroatoms. The number of esters is 2. The van der Waals surface area contributed by atoms with E-state index in [-0.39, 0.29) is 26.1 Å². The van der Waals surface area contributed by atoms with Crippen molar-refractivity contribution in [2.75, 3.05) is 19.8 Å². The molecule has 0 amide bonds. The van der Waals surface area contributed by atoms with Crippen LogP contribution in [0.5, 0.6) is 0 Å². The summed E-state index contributed by atoms with van der Waals surface area (Å²) >= 11 is 0. The van der Waals surface area contributed by atoms with Crippen molar-refractivity contribution in [2.24, 2.45) is 0 Å². The van der Waals surface area contributed by atoms with Crippen LogP contribution in [0.25, 0.3) is 0 Å². The predicted octanol–water partition coefficient (Wildman–Crippen LogP) is 4.71. The van der Waals surface area contributed by atoms with E-state index in [0.717, 1.165) is 44.9 Å². The number of carbonyl (C=O) groups is 2. The number of carbonyl (C=O) groups excluding carboxylic acids is 2. The summed E-state index contributed by atoms with van der Waals surface area (Å²) in [4.78, 5) is 24.7. The second-order valence-corrected chi connectivity index (χ2v) is 11.6. The maximum absolute atomic E-state index is 12.5. The lowest BCUT2D eigenvalue weighted by molar-refractivity contribution is -0.305. The lowest BCUT2D eigenvalue weighted by Crippen LogP contribution is -2.59.